The summed E-state index contributed by atoms with van der Waals surface area (Å²) >= 11 is 6.74. The first-order valence-electron chi connectivity index (χ1n) is 27.8. The lowest BCUT2D eigenvalue weighted by Gasteiger charge is -2.45. The number of anilines is 2. The Hall–Kier alpha value is -7.04. The highest BCUT2D eigenvalue weighted by Gasteiger charge is 2.60. The molecule has 82 heavy (non-hydrogen) atoms. The minimum Gasteiger partial charge on any atom is -0.465 e. The molecule has 0 N–H and O–H groups in total. The lowest BCUT2D eigenvalue weighted by Crippen LogP contribution is -2.61. The van der Waals surface area contributed by atoms with E-state index in [0.29, 0.717) is 41.9 Å². The number of rotatable bonds is 14. The largest absolute Gasteiger partial charge is 0.465 e. The first-order valence-corrected chi connectivity index (χ1v) is 29.5. The van der Waals surface area contributed by atoms with Gasteiger partial charge in [-0.2, -0.15) is 0 Å². The first kappa shape index (κ1) is 61.0. The molecule has 0 saturated heterocycles. The smallest absolute Gasteiger partial charge is 0.330 e. The molecule has 0 bridgehead atoms. The monoisotopic (exact) mass is 1240 g/mol. The number of fused-ring (bicyclic) bond motifs is 8. The van der Waals surface area contributed by atoms with Gasteiger partial charge in [0.25, 0.3) is 0 Å². The molecule has 4 aliphatic heterocycles. The number of ether oxygens (including phenoxy) is 6. The Kier molecular flexibility index (Phi) is 17.9. The molecule has 0 aromatic heterocycles. The van der Waals surface area contributed by atoms with E-state index in [2.05, 4.69) is 117 Å². The molecule has 3 atom stereocenters. The van der Waals surface area contributed by atoms with E-state index >= 15 is 0 Å². The standard InChI is InChI=1S/C33H37BrN2O5.C26H25BrN2O3.C7H12O2/c1-7-8-17-39-29(37)25(34)19-31(2,3)30(38)40-22-15-13-21-14-16-27-28(23(21)18-22)35-20-33(41-27)32(4,5)24-11-9-10-12-26(24)36(33)6;1-24(2)19-8-6-7-9-20(19)29(5)26(24)15-28-22-18-14-17(31-23(30)25(3,4)27)12-10-16(18)11-13-21(22)32-26;1-3-5-6-9-7(8)4-2/h9-16,18,20,25H,7-8,17,19H2,1-6H3;6-15H,1-5H3;4H,2-3,5-6H2,1H3. The second-order valence-electron chi connectivity index (χ2n) is 23.2. The van der Waals surface area contributed by atoms with Crippen LogP contribution in [0, 0.1) is 5.41 Å². The lowest BCUT2D eigenvalue weighted by molar-refractivity contribution is -0.147. The van der Waals surface area contributed by atoms with Gasteiger partial charge < -0.3 is 38.2 Å². The number of alkyl halides is 2. The topological polar surface area (TPSA) is 155 Å². The molecular weight excluding hydrogens is 1170 g/mol. The van der Waals surface area contributed by atoms with Crippen molar-refractivity contribution in [1.29, 1.82) is 0 Å². The van der Waals surface area contributed by atoms with E-state index in [4.69, 9.17) is 33.7 Å². The van der Waals surface area contributed by atoms with Gasteiger partial charge >= 0.3 is 23.9 Å². The summed E-state index contributed by atoms with van der Waals surface area (Å²) in [4.78, 5) is 61.8. The summed E-state index contributed by atoms with van der Waals surface area (Å²) in [6, 6.07) is 35.7. The fourth-order valence-corrected chi connectivity index (χ4v) is 11.7. The average molecular weight is 1240 g/mol. The molecular formula is C66H74Br2N4O10. The molecule has 2 spiro atoms. The molecule has 0 aliphatic carbocycles. The van der Waals surface area contributed by atoms with Gasteiger partial charge in [0.05, 0.1) is 41.9 Å². The van der Waals surface area contributed by atoms with Gasteiger partial charge in [0.2, 0.25) is 11.4 Å². The van der Waals surface area contributed by atoms with Crippen LogP contribution < -0.4 is 28.7 Å². The zero-order chi connectivity index (χ0) is 59.6. The summed E-state index contributed by atoms with van der Waals surface area (Å²) < 4.78 is 34.1. The number of benzene rings is 6. The summed E-state index contributed by atoms with van der Waals surface area (Å²) in [5.41, 5.74) is 3.01. The number of aliphatic imine (C=N–C) groups is 2. The average Bonchev–Trinajstić information content (AvgIpc) is 2.05. The summed E-state index contributed by atoms with van der Waals surface area (Å²) in [7, 11) is 4.08. The zero-order valence-corrected chi connectivity index (χ0v) is 52.2. The Morgan fingerprint density at radius 1 is 0.646 bits per heavy atom. The van der Waals surface area contributed by atoms with Crippen molar-refractivity contribution >= 4 is 112 Å². The molecule has 3 unspecified atom stereocenters. The van der Waals surface area contributed by atoms with E-state index in [9.17, 15) is 19.2 Å². The van der Waals surface area contributed by atoms with E-state index in [1.54, 1.807) is 39.8 Å². The van der Waals surface area contributed by atoms with Crippen LogP contribution in [0.25, 0.3) is 21.5 Å². The lowest BCUT2D eigenvalue weighted by atomic mass is 9.77. The number of carbonyl (C=O) groups is 4. The van der Waals surface area contributed by atoms with Crippen LogP contribution in [0.4, 0.5) is 22.7 Å². The van der Waals surface area contributed by atoms with Gasteiger partial charge in [-0.1, -0.05) is 126 Å². The van der Waals surface area contributed by atoms with Crippen molar-refractivity contribution in [1.82, 2.24) is 0 Å². The highest BCUT2D eigenvalue weighted by Crippen LogP contribution is 2.56. The fourth-order valence-electron chi connectivity index (χ4n) is 10.7. The highest BCUT2D eigenvalue weighted by molar-refractivity contribution is 9.10. The zero-order valence-electron chi connectivity index (χ0n) is 49.0. The van der Waals surface area contributed by atoms with E-state index < -0.39 is 32.0 Å². The summed E-state index contributed by atoms with van der Waals surface area (Å²) in [5.74, 6) is 0.768. The van der Waals surface area contributed by atoms with Gasteiger partial charge in [0.15, 0.2) is 0 Å². The van der Waals surface area contributed by atoms with Crippen molar-refractivity contribution in [2.45, 2.75) is 133 Å². The van der Waals surface area contributed by atoms with Crippen LogP contribution >= 0.6 is 31.9 Å². The second-order valence-corrected chi connectivity index (χ2v) is 26.2. The van der Waals surface area contributed by atoms with Crippen molar-refractivity contribution < 1.29 is 47.6 Å². The Bertz CT molecular complexity index is 3490. The molecule has 10 rings (SSSR count). The third-order valence-corrected chi connectivity index (χ3v) is 16.9. The van der Waals surface area contributed by atoms with Gasteiger partial charge in [0.1, 0.15) is 43.5 Å². The maximum Gasteiger partial charge on any atom is 0.330 e. The summed E-state index contributed by atoms with van der Waals surface area (Å²) in [6.45, 7) is 24.0. The first-order chi connectivity index (χ1) is 38.8. The molecule has 16 heteroatoms. The number of hydrogen-bond acceptors (Lipinski definition) is 14. The third kappa shape index (κ3) is 11.7. The van der Waals surface area contributed by atoms with E-state index in [1.807, 2.05) is 101 Å². The van der Waals surface area contributed by atoms with Gasteiger partial charge in [-0.25, -0.2) is 4.79 Å². The van der Waals surface area contributed by atoms with E-state index in [1.165, 1.54) is 17.2 Å². The molecule has 0 amide bonds. The Morgan fingerprint density at radius 3 is 1.50 bits per heavy atom. The van der Waals surface area contributed by atoms with Gasteiger partial charge in [-0.15, -0.1) is 0 Å². The summed E-state index contributed by atoms with van der Waals surface area (Å²) in [5, 5.41) is 3.66. The van der Waals surface area contributed by atoms with Crippen LogP contribution in [0.5, 0.6) is 23.0 Å². The quantitative estimate of drug-likeness (QED) is 0.0335. The van der Waals surface area contributed by atoms with Crippen LogP contribution in [-0.2, 0) is 39.5 Å². The maximum atomic E-state index is 13.2. The Morgan fingerprint density at radius 2 is 1.07 bits per heavy atom. The molecule has 4 aliphatic rings. The number of carbonyl (C=O) groups excluding carboxylic acids is 4. The molecule has 6 aromatic rings. The summed E-state index contributed by atoms with van der Waals surface area (Å²) in [6.07, 6.45) is 8.95. The van der Waals surface area contributed by atoms with Gasteiger partial charge in [-0.05, 0) is 145 Å². The van der Waals surface area contributed by atoms with E-state index in [0.717, 1.165) is 64.3 Å². The number of halogens is 2. The van der Waals surface area contributed by atoms with Crippen molar-refractivity contribution in [3.05, 3.63) is 133 Å². The molecule has 0 radical (unpaired) electrons. The Balaban J connectivity index is 0.000000191. The fraction of sp³-hybridized carbons (Fsp3) is 0.394. The van der Waals surface area contributed by atoms with Crippen LogP contribution in [0.2, 0.25) is 0 Å². The number of esters is 4. The minimum atomic E-state index is -0.926. The third-order valence-electron chi connectivity index (χ3n) is 15.8. The van der Waals surface area contributed by atoms with Gasteiger partial charge in [-0.3, -0.25) is 24.4 Å². The van der Waals surface area contributed by atoms with Gasteiger partial charge in [0, 0.05) is 42.3 Å². The molecule has 6 aromatic carbocycles. The normalized spacial score (nSPS) is 18.8. The van der Waals surface area contributed by atoms with Crippen molar-refractivity contribution in [2.24, 2.45) is 15.4 Å². The van der Waals surface area contributed by atoms with Crippen LogP contribution in [-0.4, -0.2) is 84.2 Å². The molecule has 4 heterocycles. The van der Waals surface area contributed by atoms with Crippen LogP contribution in [0.15, 0.2) is 132 Å². The molecule has 14 nitrogen and oxygen atoms in total. The molecule has 0 fully saturated rings. The van der Waals surface area contributed by atoms with Crippen LogP contribution in [0.3, 0.4) is 0 Å². The highest BCUT2D eigenvalue weighted by atomic mass is 79.9. The number of nitrogens with zero attached hydrogens (tertiary/aromatic N) is 4. The predicted molar refractivity (Wildman–Crippen MR) is 334 cm³/mol. The van der Waals surface area contributed by atoms with Crippen molar-refractivity contribution in [2.75, 3.05) is 37.1 Å². The number of unbranched alkanes of at least 4 members (excludes halogenated alkanes) is 2. The Labute approximate surface area is 498 Å². The second kappa shape index (κ2) is 24.0. The predicted octanol–water partition coefficient (Wildman–Crippen LogP) is 15.1. The van der Waals surface area contributed by atoms with Crippen molar-refractivity contribution in [3.63, 3.8) is 0 Å². The molecule has 432 valence electrons. The van der Waals surface area contributed by atoms with E-state index in [-0.39, 0.29) is 35.2 Å². The molecule has 0 saturated carbocycles. The van der Waals surface area contributed by atoms with Crippen molar-refractivity contribution in [3.8, 4) is 23.0 Å². The maximum absolute atomic E-state index is 13.2. The van der Waals surface area contributed by atoms with Crippen LogP contribution in [0.1, 0.15) is 112 Å². The minimum absolute atomic E-state index is 0.242. The number of para-hydroxylation sites is 2. The number of hydrogen-bond donors (Lipinski definition) is 0. The SMILES string of the molecule is C=CC(=O)OCCCC.CCCCOC(=O)C(Br)CC(C)(C)C(=O)Oc1ccc2ccc3c(c2c1)N=CC1(O3)N(C)c2ccccc2C1(C)C.CN1c2ccccc2C(C)(C)C12C=Nc1c(ccc3ccc(OC(=O)C(C)(C)Br)cc13)O2. The number of likely N-dealkylation sites (N-methyl/N-ethyl adjacent to an activating group) is 2.